The predicted octanol–water partition coefficient (Wildman–Crippen LogP) is 5.14. The average molecular weight is 512 g/mol. The van der Waals surface area contributed by atoms with Crippen LogP contribution in [0.15, 0.2) is 58.6 Å². The van der Waals surface area contributed by atoms with Crippen molar-refractivity contribution >= 4 is 56.8 Å². The van der Waals surface area contributed by atoms with Gasteiger partial charge in [0.1, 0.15) is 11.4 Å². The number of para-hydroxylation sites is 1. The second kappa shape index (κ2) is 8.44. The van der Waals surface area contributed by atoms with Crippen LogP contribution < -0.4 is 10.2 Å². The molecular weight excluding hydrogens is 493 g/mol. The number of rotatable bonds is 3. The van der Waals surface area contributed by atoms with Gasteiger partial charge in [0, 0.05) is 15.9 Å². The summed E-state index contributed by atoms with van der Waals surface area (Å²) in [6.07, 6.45) is 1.53. The third kappa shape index (κ3) is 3.80. The molecule has 0 aliphatic carbocycles. The Kier molecular flexibility index (Phi) is 5.83. The molecule has 0 unspecified atom stereocenters. The molecule has 0 saturated carbocycles. The molecular formula is C24H19BrFN3O2S. The summed E-state index contributed by atoms with van der Waals surface area (Å²) in [7, 11) is 0. The van der Waals surface area contributed by atoms with Gasteiger partial charge < -0.3 is 4.57 Å². The van der Waals surface area contributed by atoms with Crippen LogP contribution in [-0.2, 0) is 9.59 Å². The van der Waals surface area contributed by atoms with Crippen LogP contribution in [0.1, 0.15) is 22.5 Å². The van der Waals surface area contributed by atoms with Crippen LogP contribution in [0.25, 0.3) is 11.8 Å². The first-order valence-electron chi connectivity index (χ1n) is 9.80. The molecule has 1 aromatic heterocycles. The average Bonchev–Trinajstić information content (AvgIpc) is 3.00. The zero-order valence-corrected chi connectivity index (χ0v) is 20.0. The first-order valence-corrected chi connectivity index (χ1v) is 11.0. The van der Waals surface area contributed by atoms with Gasteiger partial charge in [-0.2, -0.15) is 0 Å². The zero-order valence-electron chi connectivity index (χ0n) is 17.6. The third-order valence-electron chi connectivity index (χ3n) is 5.38. The molecule has 0 radical (unpaired) electrons. The van der Waals surface area contributed by atoms with Gasteiger partial charge in [-0.1, -0.05) is 34.1 Å². The summed E-state index contributed by atoms with van der Waals surface area (Å²) in [4.78, 5) is 27.3. The van der Waals surface area contributed by atoms with Gasteiger partial charge in [-0.15, -0.1) is 0 Å². The molecule has 0 spiro atoms. The Hall–Kier alpha value is -3.10. The van der Waals surface area contributed by atoms with Gasteiger partial charge in [-0.05, 0) is 80.5 Å². The lowest BCUT2D eigenvalue weighted by Gasteiger charge is -2.30. The first kappa shape index (κ1) is 22.1. The molecule has 4 rings (SSSR count). The number of carbonyl (C=O) groups is 2. The first-order chi connectivity index (χ1) is 15.2. The molecule has 2 heterocycles. The molecule has 3 aromatic rings. The maximum atomic E-state index is 14.6. The molecule has 162 valence electrons. The number of nitrogens with zero attached hydrogens (tertiary/aromatic N) is 2. The molecule has 1 N–H and O–H groups in total. The number of halogens is 2. The van der Waals surface area contributed by atoms with E-state index in [1.165, 1.54) is 17.0 Å². The minimum atomic E-state index is -0.565. The van der Waals surface area contributed by atoms with Crippen molar-refractivity contribution in [2.24, 2.45) is 0 Å². The fourth-order valence-corrected chi connectivity index (χ4v) is 4.42. The molecule has 0 bridgehead atoms. The van der Waals surface area contributed by atoms with E-state index in [1.807, 2.05) is 39.0 Å². The number of anilines is 1. The highest BCUT2D eigenvalue weighted by atomic mass is 79.9. The second-order valence-corrected chi connectivity index (χ2v) is 8.80. The van der Waals surface area contributed by atoms with Crippen molar-refractivity contribution in [2.75, 3.05) is 4.90 Å². The number of carbonyl (C=O) groups excluding carboxylic acids is 2. The van der Waals surface area contributed by atoms with E-state index in [-0.39, 0.29) is 16.5 Å². The third-order valence-corrected chi connectivity index (χ3v) is 6.16. The van der Waals surface area contributed by atoms with Crippen molar-refractivity contribution in [2.45, 2.75) is 20.8 Å². The van der Waals surface area contributed by atoms with E-state index in [0.29, 0.717) is 27.1 Å². The van der Waals surface area contributed by atoms with E-state index in [9.17, 15) is 14.0 Å². The number of thiocarbonyl (C=S) groups is 1. The normalized spacial score (nSPS) is 15.5. The van der Waals surface area contributed by atoms with Crippen molar-refractivity contribution in [1.29, 1.82) is 0 Å². The minimum Gasteiger partial charge on any atom is -0.315 e. The molecule has 2 amide bonds. The lowest BCUT2D eigenvalue weighted by Crippen LogP contribution is -2.54. The van der Waals surface area contributed by atoms with Crippen LogP contribution >= 0.6 is 28.1 Å². The Balaban J connectivity index is 1.80. The number of amides is 2. The summed E-state index contributed by atoms with van der Waals surface area (Å²) in [6, 6.07) is 13.9. The fourth-order valence-electron chi connectivity index (χ4n) is 3.81. The van der Waals surface area contributed by atoms with E-state index in [1.54, 1.807) is 28.8 Å². The van der Waals surface area contributed by atoms with E-state index in [2.05, 4.69) is 21.2 Å². The molecule has 1 aliphatic rings. The van der Waals surface area contributed by atoms with Gasteiger partial charge in [0.15, 0.2) is 5.11 Å². The standard InChI is InChI=1S/C24H19BrFN3O2S/c1-13-6-4-5-7-20(13)29-23(31)18(22(30)27-24(29)32)11-16-10-14(2)28(15(16)3)21-9-8-17(25)12-19(21)26/h4-12H,1-3H3,(H,27,30,32)/b18-11+. The Morgan fingerprint density at radius 1 is 1.03 bits per heavy atom. The van der Waals surface area contributed by atoms with Crippen molar-refractivity contribution in [3.63, 3.8) is 0 Å². The second-order valence-electron chi connectivity index (χ2n) is 7.50. The van der Waals surface area contributed by atoms with Crippen molar-refractivity contribution in [1.82, 2.24) is 9.88 Å². The predicted molar refractivity (Wildman–Crippen MR) is 130 cm³/mol. The highest BCUT2D eigenvalue weighted by Gasteiger charge is 2.35. The summed E-state index contributed by atoms with van der Waals surface area (Å²) >= 11 is 8.55. The molecule has 1 saturated heterocycles. The monoisotopic (exact) mass is 511 g/mol. The van der Waals surface area contributed by atoms with Crippen LogP contribution in [0.2, 0.25) is 0 Å². The van der Waals surface area contributed by atoms with E-state index in [0.717, 1.165) is 11.3 Å². The fraction of sp³-hybridized carbons (Fsp3) is 0.125. The molecule has 1 fully saturated rings. The van der Waals surface area contributed by atoms with Gasteiger partial charge in [-0.3, -0.25) is 19.8 Å². The maximum Gasteiger partial charge on any atom is 0.270 e. The molecule has 32 heavy (non-hydrogen) atoms. The Labute approximate surface area is 198 Å². The van der Waals surface area contributed by atoms with Crippen LogP contribution in [0.4, 0.5) is 10.1 Å². The lowest BCUT2D eigenvalue weighted by molar-refractivity contribution is -0.122. The number of hydrogen-bond acceptors (Lipinski definition) is 3. The van der Waals surface area contributed by atoms with E-state index < -0.39 is 11.8 Å². The van der Waals surface area contributed by atoms with E-state index in [4.69, 9.17) is 12.2 Å². The SMILES string of the molecule is Cc1ccccc1N1C(=O)/C(=C/c2cc(C)n(-c3ccc(Br)cc3F)c2C)C(=O)NC1=S. The van der Waals surface area contributed by atoms with Crippen LogP contribution in [0.5, 0.6) is 0 Å². The number of nitrogens with one attached hydrogen (secondary N) is 1. The number of aromatic nitrogens is 1. The van der Waals surface area contributed by atoms with Gasteiger partial charge in [0.25, 0.3) is 11.8 Å². The van der Waals surface area contributed by atoms with Gasteiger partial charge in [-0.25, -0.2) is 4.39 Å². The summed E-state index contributed by atoms with van der Waals surface area (Å²) in [5.74, 6) is -1.46. The molecule has 2 aromatic carbocycles. The number of hydrogen-bond donors (Lipinski definition) is 1. The van der Waals surface area contributed by atoms with Gasteiger partial charge in [0.05, 0.1) is 11.4 Å². The Morgan fingerprint density at radius 3 is 2.44 bits per heavy atom. The largest absolute Gasteiger partial charge is 0.315 e. The summed E-state index contributed by atoms with van der Waals surface area (Å²) in [5.41, 5.74) is 3.91. The van der Waals surface area contributed by atoms with E-state index >= 15 is 0 Å². The summed E-state index contributed by atoms with van der Waals surface area (Å²) in [5, 5.41) is 2.64. The van der Waals surface area contributed by atoms with Crippen molar-refractivity contribution in [3.8, 4) is 5.69 Å². The zero-order chi connectivity index (χ0) is 23.2. The van der Waals surface area contributed by atoms with Crippen LogP contribution in [0, 0.1) is 26.6 Å². The molecule has 0 atom stereocenters. The van der Waals surface area contributed by atoms with Crippen LogP contribution in [-0.4, -0.2) is 21.5 Å². The Morgan fingerprint density at radius 2 is 1.75 bits per heavy atom. The number of benzene rings is 2. The summed E-state index contributed by atoms with van der Waals surface area (Å²) in [6.45, 7) is 5.52. The topological polar surface area (TPSA) is 54.3 Å². The van der Waals surface area contributed by atoms with Crippen LogP contribution in [0.3, 0.4) is 0 Å². The molecule has 1 aliphatic heterocycles. The number of aryl methyl sites for hydroxylation is 2. The highest BCUT2D eigenvalue weighted by molar-refractivity contribution is 9.10. The Bertz CT molecular complexity index is 1330. The maximum absolute atomic E-state index is 14.6. The molecule has 5 nitrogen and oxygen atoms in total. The minimum absolute atomic E-state index is 0.0360. The quantitative estimate of drug-likeness (QED) is 0.301. The lowest BCUT2D eigenvalue weighted by atomic mass is 10.1. The van der Waals surface area contributed by atoms with Crippen molar-refractivity contribution in [3.05, 3.63) is 86.9 Å². The van der Waals surface area contributed by atoms with Gasteiger partial charge in [0.2, 0.25) is 0 Å². The smallest absolute Gasteiger partial charge is 0.270 e. The van der Waals surface area contributed by atoms with Crippen molar-refractivity contribution < 1.29 is 14.0 Å². The molecule has 8 heteroatoms. The highest BCUT2D eigenvalue weighted by Crippen LogP contribution is 2.29. The van der Waals surface area contributed by atoms with Gasteiger partial charge >= 0.3 is 0 Å². The summed E-state index contributed by atoms with van der Waals surface area (Å²) < 4.78 is 17.0.